The van der Waals surface area contributed by atoms with Crippen LogP contribution in [0.5, 0.6) is 11.5 Å². The van der Waals surface area contributed by atoms with E-state index in [2.05, 4.69) is 10.6 Å². The third kappa shape index (κ3) is 7.45. The lowest BCUT2D eigenvalue weighted by Crippen LogP contribution is -2.36. The smallest absolute Gasteiger partial charge is 0.233 e. The molecule has 1 amide bonds. The zero-order chi connectivity index (χ0) is 17.9. The molecule has 0 saturated carbocycles. The van der Waals surface area contributed by atoms with E-state index in [1.165, 1.54) is 0 Å². The summed E-state index contributed by atoms with van der Waals surface area (Å²) in [6.07, 6.45) is 0.781. The largest absolute Gasteiger partial charge is 0.497 e. The zero-order valence-electron chi connectivity index (χ0n) is 14.3. The maximum atomic E-state index is 11.7. The van der Waals surface area contributed by atoms with Crippen LogP contribution in [0.3, 0.4) is 0 Å². The highest BCUT2D eigenvalue weighted by atomic mass is 35.5. The standard InChI is InChI=1S/C19H23ClN2O3/c1-24-17-6-8-18(9-7-17)25-13-12-21-14-19(23)22-11-10-15-2-4-16(20)5-3-15/h2-9,21H,10-14H2,1H3,(H,22,23). The van der Waals surface area contributed by atoms with E-state index in [1.807, 2.05) is 48.5 Å². The summed E-state index contributed by atoms with van der Waals surface area (Å²) in [5.41, 5.74) is 1.14. The lowest BCUT2D eigenvalue weighted by Gasteiger charge is -2.09. The highest BCUT2D eigenvalue weighted by Gasteiger charge is 2.01. The Bertz CT molecular complexity index is 645. The molecular formula is C19H23ClN2O3. The summed E-state index contributed by atoms with van der Waals surface area (Å²) in [4.78, 5) is 11.7. The first kappa shape index (κ1) is 19.1. The summed E-state index contributed by atoms with van der Waals surface area (Å²) >= 11 is 5.84. The molecule has 0 bridgehead atoms. The molecule has 0 unspecified atom stereocenters. The van der Waals surface area contributed by atoms with Crippen molar-refractivity contribution in [3.05, 3.63) is 59.1 Å². The fourth-order valence-corrected chi connectivity index (χ4v) is 2.30. The first-order valence-corrected chi connectivity index (χ1v) is 8.54. The molecule has 0 saturated heterocycles. The summed E-state index contributed by atoms with van der Waals surface area (Å²) in [5.74, 6) is 1.54. The van der Waals surface area contributed by atoms with Crippen molar-refractivity contribution in [3.8, 4) is 11.5 Å². The highest BCUT2D eigenvalue weighted by molar-refractivity contribution is 6.30. The Labute approximate surface area is 153 Å². The second kappa shape index (κ2) is 10.6. The lowest BCUT2D eigenvalue weighted by molar-refractivity contribution is -0.120. The van der Waals surface area contributed by atoms with E-state index in [9.17, 15) is 4.79 Å². The molecule has 2 N–H and O–H groups in total. The van der Waals surface area contributed by atoms with Crippen LogP contribution >= 0.6 is 11.6 Å². The van der Waals surface area contributed by atoms with Crippen LogP contribution < -0.4 is 20.1 Å². The molecule has 0 aliphatic rings. The number of methoxy groups -OCH3 is 1. The molecule has 0 atom stereocenters. The molecule has 0 aliphatic heterocycles. The molecule has 6 heteroatoms. The molecule has 0 aliphatic carbocycles. The summed E-state index contributed by atoms with van der Waals surface area (Å²) in [7, 11) is 1.63. The van der Waals surface area contributed by atoms with Gasteiger partial charge in [-0.25, -0.2) is 0 Å². The molecule has 2 rings (SSSR count). The van der Waals surface area contributed by atoms with Crippen molar-refractivity contribution in [3.63, 3.8) is 0 Å². The van der Waals surface area contributed by atoms with E-state index < -0.39 is 0 Å². The van der Waals surface area contributed by atoms with Gasteiger partial charge in [-0.1, -0.05) is 23.7 Å². The number of ether oxygens (including phenoxy) is 2. The Kier molecular flexibility index (Phi) is 8.09. The van der Waals surface area contributed by atoms with E-state index >= 15 is 0 Å². The van der Waals surface area contributed by atoms with E-state index in [0.717, 1.165) is 23.5 Å². The van der Waals surface area contributed by atoms with Gasteiger partial charge >= 0.3 is 0 Å². The van der Waals surface area contributed by atoms with Gasteiger partial charge in [-0.2, -0.15) is 0 Å². The fourth-order valence-electron chi connectivity index (χ4n) is 2.17. The fraction of sp³-hybridized carbons (Fsp3) is 0.316. The van der Waals surface area contributed by atoms with Gasteiger partial charge in [0.2, 0.25) is 5.91 Å². The van der Waals surface area contributed by atoms with Crippen LogP contribution in [0.25, 0.3) is 0 Å². The SMILES string of the molecule is COc1ccc(OCCNCC(=O)NCCc2ccc(Cl)cc2)cc1. The minimum atomic E-state index is -0.0292. The minimum Gasteiger partial charge on any atom is -0.497 e. The number of carbonyl (C=O) groups is 1. The Balaban J connectivity index is 1.52. The predicted molar refractivity (Wildman–Crippen MR) is 99.5 cm³/mol. The van der Waals surface area contributed by atoms with Crippen LogP contribution in [-0.4, -0.2) is 39.3 Å². The minimum absolute atomic E-state index is 0.0292. The van der Waals surface area contributed by atoms with E-state index in [0.29, 0.717) is 24.7 Å². The number of amides is 1. The maximum absolute atomic E-state index is 11.7. The van der Waals surface area contributed by atoms with Crippen LogP contribution in [0.2, 0.25) is 5.02 Å². The lowest BCUT2D eigenvalue weighted by atomic mass is 10.1. The Morgan fingerprint density at radius 2 is 1.68 bits per heavy atom. The average Bonchev–Trinajstić information content (AvgIpc) is 2.63. The average molecular weight is 363 g/mol. The quantitative estimate of drug-likeness (QED) is 0.638. The van der Waals surface area contributed by atoms with Crippen molar-refractivity contribution >= 4 is 17.5 Å². The number of carbonyl (C=O) groups excluding carboxylic acids is 1. The number of halogens is 1. The van der Waals surface area contributed by atoms with E-state index in [1.54, 1.807) is 7.11 Å². The van der Waals surface area contributed by atoms with Gasteiger partial charge in [-0.15, -0.1) is 0 Å². The Hall–Kier alpha value is -2.24. The second-order valence-corrected chi connectivity index (χ2v) is 5.86. The van der Waals surface area contributed by atoms with E-state index in [-0.39, 0.29) is 12.5 Å². The van der Waals surface area contributed by atoms with Gasteiger partial charge in [0.05, 0.1) is 13.7 Å². The molecule has 0 heterocycles. The first-order chi connectivity index (χ1) is 12.2. The Morgan fingerprint density at radius 3 is 2.36 bits per heavy atom. The van der Waals surface area contributed by atoms with Gasteiger partial charge in [-0.05, 0) is 48.4 Å². The summed E-state index contributed by atoms with van der Waals surface area (Å²) in [6, 6.07) is 15.0. The molecule has 134 valence electrons. The highest BCUT2D eigenvalue weighted by Crippen LogP contribution is 2.16. The molecule has 2 aromatic rings. The second-order valence-electron chi connectivity index (χ2n) is 5.43. The molecule has 0 fully saturated rings. The zero-order valence-corrected chi connectivity index (χ0v) is 15.0. The van der Waals surface area contributed by atoms with Gasteiger partial charge in [-0.3, -0.25) is 4.79 Å². The topological polar surface area (TPSA) is 59.6 Å². The van der Waals surface area contributed by atoms with Gasteiger partial charge in [0.15, 0.2) is 0 Å². The predicted octanol–water partition coefficient (Wildman–Crippen LogP) is 2.68. The third-order valence-corrected chi connectivity index (χ3v) is 3.79. The van der Waals surface area contributed by atoms with Crippen molar-refractivity contribution < 1.29 is 14.3 Å². The molecule has 2 aromatic carbocycles. The number of benzene rings is 2. The molecule has 0 aromatic heterocycles. The summed E-state index contributed by atoms with van der Waals surface area (Å²) < 4.78 is 10.7. The number of rotatable bonds is 10. The van der Waals surface area contributed by atoms with Gasteiger partial charge in [0, 0.05) is 18.1 Å². The van der Waals surface area contributed by atoms with Crippen molar-refractivity contribution in [2.75, 3.05) is 33.4 Å². The van der Waals surface area contributed by atoms with E-state index in [4.69, 9.17) is 21.1 Å². The molecule has 0 radical (unpaired) electrons. The van der Waals surface area contributed by atoms with Crippen molar-refractivity contribution in [1.29, 1.82) is 0 Å². The maximum Gasteiger partial charge on any atom is 0.233 e. The van der Waals surface area contributed by atoms with Crippen LogP contribution in [0.1, 0.15) is 5.56 Å². The van der Waals surface area contributed by atoms with Gasteiger partial charge in [0.25, 0.3) is 0 Å². The van der Waals surface area contributed by atoms with Crippen LogP contribution in [0.15, 0.2) is 48.5 Å². The van der Waals surface area contributed by atoms with Crippen molar-refractivity contribution in [1.82, 2.24) is 10.6 Å². The Morgan fingerprint density at radius 1 is 1.00 bits per heavy atom. The third-order valence-electron chi connectivity index (χ3n) is 3.54. The molecular weight excluding hydrogens is 340 g/mol. The van der Waals surface area contributed by atoms with Crippen molar-refractivity contribution in [2.45, 2.75) is 6.42 Å². The van der Waals surface area contributed by atoms with Crippen LogP contribution in [0.4, 0.5) is 0 Å². The first-order valence-electron chi connectivity index (χ1n) is 8.16. The summed E-state index contributed by atoms with van der Waals surface area (Å²) in [6.45, 7) is 1.96. The van der Waals surface area contributed by atoms with Gasteiger partial charge < -0.3 is 20.1 Å². The van der Waals surface area contributed by atoms with Crippen LogP contribution in [-0.2, 0) is 11.2 Å². The monoisotopic (exact) mass is 362 g/mol. The van der Waals surface area contributed by atoms with Crippen molar-refractivity contribution in [2.24, 2.45) is 0 Å². The number of nitrogens with one attached hydrogen (secondary N) is 2. The molecule has 25 heavy (non-hydrogen) atoms. The van der Waals surface area contributed by atoms with Gasteiger partial charge in [0.1, 0.15) is 18.1 Å². The summed E-state index contributed by atoms with van der Waals surface area (Å²) in [5, 5.41) is 6.65. The number of hydrogen-bond donors (Lipinski definition) is 2. The normalized spacial score (nSPS) is 10.3. The molecule has 0 spiro atoms. The van der Waals surface area contributed by atoms with Crippen LogP contribution in [0, 0.1) is 0 Å². The molecule has 5 nitrogen and oxygen atoms in total. The number of hydrogen-bond acceptors (Lipinski definition) is 4.